The van der Waals surface area contributed by atoms with Crippen molar-refractivity contribution < 1.29 is 9.47 Å². The van der Waals surface area contributed by atoms with E-state index in [0.29, 0.717) is 6.10 Å². The fraction of sp³-hybridized carbons (Fsp3) is 0.878. The zero-order valence-corrected chi connectivity index (χ0v) is 36.6. The van der Waals surface area contributed by atoms with Crippen LogP contribution in [0.4, 0.5) is 0 Å². The first-order valence-electron chi connectivity index (χ1n) is 23.6. The summed E-state index contributed by atoms with van der Waals surface area (Å²) in [6.45, 7) is 22.3. The van der Waals surface area contributed by atoms with Crippen LogP contribution in [0.2, 0.25) is 0 Å². The average molecular weight is 743 g/mol. The van der Waals surface area contributed by atoms with Gasteiger partial charge in [0.15, 0.2) is 0 Å². The van der Waals surface area contributed by atoms with Gasteiger partial charge >= 0.3 is 0 Å². The summed E-state index contributed by atoms with van der Waals surface area (Å²) >= 11 is 0. The summed E-state index contributed by atoms with van der Waals surface area (Å²) in [6.07, 6.45) is 40.9. The summed E-state index contributed by atoms with van der Waals surface area (Å²) in [5.74, 6) is 2.81. The van der Waals surface area contributed by atoms with Gasteiger partial charge in [0.05, 0.1) is 12.7 Å². The smallest absolute Gasteiger partial charge is 0.138 e. The standard InChI is InChI=1S/C49H94N2O2/c1-7-13-17-21-29-38-49(39-30-22-18-14-8-2)53-48(12-6)37-28-24-20-26-32-43-51(44-33-41-50)42-31-25-19-23-27-36-47(11-5)52-45-40-46(34-15-9-3)35-16-10-4/h46,49H,5-10,13-45,50H2,1-4H3. The van der Waals surface area contributed by atoms with Crippen LogP contribution in [-0.4, -0.2) is 43.8 Å². The summed E-state index contributed by atoms with van der Waals surface area (Å²) in [6, 6.07) is 0. The van der Waals surface area contributed by atoms with Crippen LogP contribution < -0.4 is 5.73 Å². The molecule has 0 saturated heterocycles. The Morgan fingerprint density at radius 1 is 0.491 bits per heavy atom. The molecule has 0 aliphatic carbocycles. The molecule has 4 heteroatoms. The maximum absolute atomic E-state index is 6.55. The van der Waals surface area contributed by atoms with Crippen molar-refractivity contribution in [3.05, 3.63) is 36.1 Å². The van der Waals surface area contributed by atoms with Crippen LogP contribution in [-0.2, 0) is 9.47 Å². The molecule has 0 aromatic rings. The van der Waals surface area contributed by atoms with Crippen molar-refractivity contribution in [3.63, 3.8) is 0 Å². The Kier molecular flexibility index (Phi) is 40.6. The van der Waals surface area contributed by atoms with Crippen molar-refractivity contribution in [1.29, 1.82) is 0 Å². The first-order chi connectivity index (χ1) is 26.1. The highest BCUT2D eigenvalue weighted by Crippen LogP contribution is 2.23. The zero-order chi connectivity index (χ0) is 38.9. The fourth-order valence-electron chi connectivity index (χ4n) is 7.54. The molecule has 0 fully saturated rings. The number of hydrogen-bond donors (Lipinski definition) is 1. The first kappa shape index (κ1) is 51.6. The highest BCUT2D eigenvalue weighted by Gasteiger charge is 2.13. The van der Waals surface area contributed by atoms with E-state index in [1.165, 1.54) is 199 Å². The molecule has 0 rings (SSSR count). The summed E-state index contributed by atoms with van der Waals surface area (Å²) in [7, 11) is 0. The molecular weight excluding hydrogens is 649 g/mol. The highest BCUT2D eigenvalue weighted by atomic mass is 16.5. The predicted octanol–water partition coefficient (Wildman–Crippen LogP) is 15.2. The van der Waals surface area contributed by atoms with Gasteiger partial charge in [0.25, 0.3) is 0 Å². The minimum Gasteiger partial charge on any atom is -0.490 e. The molecule has 0 saturated carbocycles. The Morgan fingerprint density at radius 2 is 0.925 bits per heavy atom. The molecule has 0 aliphatic rings. The van der Waals surface area contributed by atoms with E-state index in [0.717, 1.165) is 56.4 Å². The maximum Gasteiger partial charge on any atom is 0.138 e. The summed E-state index contributed by atoms with van der Waals surface area (Å²) in [5, 5.41) is 0. The molecule has 0 heterocycles. The Hall–Kier alpha value is -1.44. The molecule has 0 radical (unpaired) electrons. The Balaban J connectivity index is 4.26. The minimum atomic E-state index is 0.349. The van der Waals surface area contributed by atoms with Crippen molar-refractivity contribution in [2.45, 2.75) is 239 Å². The lowest BCUT2D eigenvalue weighted by Crippen LogP contribution is -2.28. The van der Waals surface area contributed by atoms with E-state index in [1.807, 2.05) is 0 Å². The molecule has 4 nitrogen and oxygen atoms in total. The zero-order valence-electron chi connectivity index (χ0n) is 36.6. The Morgan fingerprint density at radius 3 is 1.42 bits per heavy atom. The van der Waals surface area contributed by atoms with Crippen molar-refractivity contribution >= 4 is 0 Å². The normalized spacial score (nSPS) is 11.4. The predicted molar refractivity (Wildman–Crippen MR) is 236 cm³/mol. The van der Waals surface area contributed by atoms with E-state index < -0.39 is 0 Å². The lowest BCUT2D eigenvalue weighted by atomic mass is 9.93. The number of nitrogens with two attached hydrogens (primary N) is 1. The minimum absolute atomic E-state index is 0.349. The van der Waals surface area contributed by atoms with Crippen LogP contribution in [0, 0.1) is 5.92 Å². The van der Waals surface area contributed by atoms with Crippen molar-refractivity contribution in [2.75, 3.05) is 32.8 Å². The van der Waals surface area contributed by atoms with Crippen LogP contribution in [0.3, 0.4) is 0 Å². The fourth-order valence-corrected chi connectivity index (χ4v) is 7.54. The molecule has 312 valence electrons. The number of rotatable bonds is 43. The second-order valence-electron chi connectivity index (χ2n) is 16.2. The van der Waals surface area contributed by atoms with Gasteiger partial charge in [-0.2, -0.15) is 0 Å². The molecular formula is C49H94N2O2. The van der Waals surface area contributed by atoms with Gasteiger partial charge in [-0.3, -0.25) is 0 Å². The molecule has 0 spiro atoms. The molecule has 53 heavy (non-hydrogen) atoms. The van der Waals surface area contributed by atoms with Crippen molar-refractivity contribution in [1.82, 2.24) is 4.90 Å². The molecule has 0 amide bonds. The van der Waals surface area contributed by atoms with Crippen LogP contribution in [0.1, 0.15) is 233 Å². The number of ether oxygens (including phenoxy) is 2. The Labute approximate surface area is 333 Å². The molecule has 0 atom stereocenters. The van der Waals surface area contributed by atoms with Gasteiger partial charge < -0.3 is 20.1 Å². The maximum atomic E-state index is 6.55. The number of allylic oxidation sites excluding steroid dienone is 2. The van der Waals surface area contributed by atoms with E-state index >= 15 is 0 Å². The number of hydrogen-bond acceptors (Lipinski definition) is 4. The largest absolute Gasteiger partial charge is 0.490 e. The number of unbranched alkanes of at least 4 members (excludes halogenated alkanes) is 18. The van der Waals surface area contributed by atoms with E-state index in [-0.39, 0.29) is 0 Å². The third-order valence-electron chi connectivity index (χ3n) is 11.1. The molecule has 0 aromatic carbocycles. The van der Waals surface area contributed by atoms with Gasteiger partial charge in [-0.25, -0.2) is 0 Å². The average Bonchev–Trinajstić information content (AvgIpc) is 3.17. The van der Waals surface area contributed by atoms with Crippen LogP contribution in [0.25, 0.3) is 0 Å². The van der Waals surface area contributed by atoms with Gasteiger partial charge in [0, 0.05) is 12.8 Å². The van der Waals surface area contributed by atoms with Crippen LogP contribution in [0.5, 0.6) is 0 Å². The molecule has 0 aliphatic heterocycles. The molecule has 0 aromatic heterocycles. The Bertz CT molecular complexity index is 837. The second kappa shape index (κ2) is 41.7. The van der Waals surface area contributed by atoms with E-state index in [1.54, 1.807) is 0 Å². The first-order valence-corrected chi connectivity index (χ1v) is 23.6. The lowest BCUT2D eigenvalue weighted by Gasteiger charge is -2.22. The monoisotopic (exact) mass is 743 g/mol. The lowest BCUT2D eigenvalue weighted by molar-refractivity contribution is 0.0890. The third-order valence-corrected chi connectivity index (χ3v) is 11.1. The molecule has 2 N–H and O–H groups in total. The van der Waals surface area contributed by atoms with Gasteiger partial charge in [0.2, 0.25) is 0 Å². The SMILES string of the molecule is C=C=C(CCCCCCCN(CCCN)CCCCCCCC(=C=C)OC(CCCCCCC)CCCCCCC)OCCC(CCCC)CCCC. The van der Waals surface area contributed by atoms with E-state index in [4.69, 9.17) is 15.2 Å². The van der Waals surface area contributed by atoms with E-state index in [2.05, 4.69) is 57.2 Å². The number of nitrogens with zero attached hydrogens (tertiary/aromatic N) is 1. The highest BCUT2D eigenvalue weighted by molar-refractivity contribution is 4.90. The van der Waals surface area contributed by atoms with Gasteiger partial charge in [-0.1, -0.05) is 181 Å². The van der Waals surface area contributed by atoms with E-state index in [9.17, 15) is 0 Å². The summed E-state index contributed by atoms with van der Waals surface area (Å²) < 4.78 is 12.7. The topological polar surface area (TPSA) is 47.7 Å². The van der Waals surface area contributed by atoms with Gasteiger partial charge in [-0.05, 0) is 96.3 Å². The summed E-state index contributed by atoms with van der Waals surface area (Å²) in [4.78, 5) is 2.67. The molecule has 0 unspecified atom stereocenters. The quantitative estimate of drug-likeness (QED) is 0.0384. The second-order valence-corrected chi connectivity index (χ2v) is 16.2. The third kappa shape index (κ3) is 34.8. The molecule has 0 bridgehead atoms. The van der Waals surface area contributed by atoms with Gasteiger partial charge in [0.1, 0.15) is 11.5 Å². The van der Waals surface area contributed by atoms with Crippen molar-refractivity contribution in [3.8, 4) is 0 Å². The van der Waals surface area contributed by atoms with Crippen molar-refractivity contribution in [2.24, 2.45) is 11.7 Å². The van der Waals surface area contributed by atoms with Crippen LogP contribution >= 0.6 is 0 Å². The summed E-state index contributed by atoms with van der Waals surface area (Å²) in [5.41, 5.74) is 12.1. The van der Waals surface area contributed by atoms with Crippen LogP contribution in [0.15, 0.2) is 36.1 Å². The van der Waals surface area contributed by atoms with Gasteiger partial charge in [-0.15, -0.1) is 0 Å².